The highest BCUT2D eigenvalue weighted by atomic mass is 32.1. The SMILES string of the molecule is O=C(Cc1nc2c(F)cc(F)cc2s1)n1ccnc1. The molecule has 0 aliphatic rings. The van der Waals surface area contributed by atoms with Gasteiger partial charge in [0.1, 0.15) is 22.7 Å². The normalized spacial score (nSPS) is 11.1. The van der Waals surface area contributed by atoms with Crippen molar-refractivity contribution in [2.75, 3.05) is 0 Å². The molecule has 1 aromatic carbocycles. The summed E-state index contributed by atoms with van der Waals surface area (Å²) in [6.45, 7) is 0. The third-order valence-electron chi connectivity index (χ3n) is 2.55. The van der Waals surface area contributed by atoms with E-state index in [0.29, 0.717) is 9.71 Å². The number of aromatic nitrogens is 3. The summed E-state index contributed by atoms with van der Waals surface area (Å²) in [7, 11) is 0. The number of rotatable bonds is 2. The summed E-state index contributed by atoms with van der Waals surface area (Å²) in [5.41, 5.74) is 0.0971. The Labute approximate surface area is 110 Å². The van der Waals surface area contributed by atoms with Crippen molar-refractivity contribution >= 4 is 27.5 Å². The third-order valence-corrected chi connectivity index (χ3v) is 3.55. The van der Waals surface area contributed by atoms with Crippen LogP contribution in [0.1, 0.15) is 9.80 Å². The van der Waals surface area contributed by atoms with Gasteiger partial charge in [0.25, 0.3) is 0 Å². The van der Waals surface area contributed by atoms with Crippen molar-refractivity contribution < 1.29 is 13.6 Å². The molecule has 3 aromatic rings. The van der Waals surface area contributed by atoms with Gasteiger partial charge in [-0.05, 0) is 6.07 Å². The number of imidazole rings is 1. The fraction of sp³-hybridized carbons (Fsp3) is 0.0833. The van der Waals surface area contributed by atoms with Crippen molar-refractivity contribution in [3.63, 3.8) is 0 Å². The number of carbonyl (C=O) groups is 1. The van der Waals surface area contributed by atoms with Crippen LogP contribution in [0.3, 0.4) is 0 Å². The molecule has 19 heavy (non-hydrogen) atoms. The van der Waals surface area contributed by atoms with Crippen molar-refractivity contribution in [2.45, 2.75) is 6.42 Å². The lowest BCUT2D eigenvalue weighted by molar-refractivity contribution is 0.0914. The average molecular weight is 279 g/mol. The van der Waals surface area contributed by atoms with Gasteiger partial charge < -0.3 is 0 Å². The minimum Gasteiger partial charge on any atom is -0.276 e. The largest absolute Gasteiger partial charge is 0.276 e. The van der Waals surface area contributed by atoms with Gasteiger partial charge in [-0.1, -0.05) is 0 Å². The van der Waals surface area contributed by atoms with Crippen LogP contribution < -0.4 is 0 Å². The van der Waals surface area contributed by atoms with E-state index in [0.717, 1.165) is 17.4 Å². The molecule has 0 unspecified atom stereocenters. The van der Waals surface area contributed by atoms with Gasteiger partial charge in [0.05, 0.1) is 11.1 Å². The number of halogens is 2. The Balaban J connectivity index is 1.94. The Bertz CT molecular complexity index is 752. The second-order valence-corrected chi connectivity index (χ2v) is 5.00. The van der Waals surface area contributed by atoms with Gasteiger partial charge in [-0.15, -0.1) is 11.3 Å². The van der Waals surface area contributed by atoms with Crippen molar-refractivity contribution in [1.29, 1.82) is 0 Å². The number of thiazole rings is 1. The number of hydrogen-bond donors (Lipinski definition) is 0. The number of nitrogens with zero attached hydrogens (tertiary/aromatic N) is 3. The van der Waals surface area contributed by atoms with Crippen LogP contribution in [0.15, 0.2) is 30.9 Å². The highest BCUT2D eigenvalue weighted by Gasteiger charge is 2.13. The van der Waals surface area contributed by atoms with E-state index < -0.39 is 11.6 Å². The van der Waals surface area contributed by atoms with E-state index in [1.54, 1.807) is 0 Å². The van der Waals surface area contributed by atoms with Crippen LogP contribution in [-0.4, -0.2) is 20.4 Å². The topological polar surface area (TPSA) is 47.8 Å². The van der Waals surface area contributed by atoms with Gasteiger partial charge in [0.15, 0.2) is 5.82 Å². The molecular formula is C12H7F2N3OS. The highest BCUT2D eigenvalue weighted by Crippen LogP contribution is 2.26. The van der Waals surface area contributed by atoms with Gasteiger partial charge in [0, 0.05) is 18.5 Å². The molecule has 0 N–H and O–H groups in total. The van der Waals surface area contributed by atoms with Crippen LogP contribution in [0.4, 0.5) is 8.78 Å². The Morgan fingerprint density at radius 2 is 2.21 bits per heavy atom. The second-order valence-electron chi connectivity index (χ2n) is 3.88. The standard InChI is InChI=1S/C12H7F2N3OS/c13-7-3-8(14)12-9(4-7)19-10(16-12)5-11(18)17-2-1-15-6-17/h1-4,6H,5H2. The number of fused-ring (bicyclic) bond motifs is 1. The quantitative estimate of drug-likeness (QED) is 0.724. The first-order chi connectivity index (χ1) is 9.13. The molecule has 0 saturated heterocycles. The molecule has 96 valence electrons. The van der Waals surface area contributed by atoms with Crippen molar-refractivity contribution in [3.8, 4) is 0 Å². The van der Waals surface area contributed by atoms with Crippen molar-refractivity contribution in [1.82, 2.24) is 14.5 Å². The minimum absolute atomic E-state index is 0.0246. The van der Waals surface area contributed by atoms with E-state index in [1.165, 1.54) is 29.4 Å². The van der Waals surface area contributed by atoms with E-state index in [1.807, 2.05) is 0 Å². The molecule has 0 amide bonds. The summed E-state index contributed by atoms with van der Waals surface area (Å²) in [5.74, 6) is -1.59. The summed E-state index contributed by atoms with van der Waals surface area (Å²) >= 11 is 1.11. The van der Waals surface area contributed by atoms with Gasteiger partial charge in [0.2, 0.25) is 5.91 Å². The summed E-state index contributed by atoms with van der Waals surface area (Å²) in [5, 5.41) is 0.443. The molecule has 0 bridgehead atoms. The molecule has 0 saturated carbocycles. The Morgan fingerprint density at radius 3 is 2.95 bits per heavy atom. The number of hydrogen-bond acceptors (Lipinski definition) is 4. The van der Waals surface area contributed by atoms with Crippen molar-refractivity contribution in [2.24, 2.45) is 0 Å². The van der Waals surface area contributed by atoms with Crippen LogP contribution >= 0.6 is 11.3 Å². The molecule has 0 aliphatic heterocycles. The maximum atomic E-state index is 13.5. The zero-order valence-corrected chi connectivity index (χ0v) is 10.3. The molecule has 3 rings (SSSR count). The van der Waals surface area contributed by atoms with E-state index in [4.69, 9.17) is 0 Å². The number of carbonyl (C=O) groups excluding carboxylic acids is 1. The molecule has 2 aromatic heterocycles. The maximum Gasteiger partial charge on any atom is 0.238 e. The summed E-state index contributed by atoms with van der Waals surface area (Å²) < 4.78 is 28.2. The van der Waals surface area contributed by atoms with Crippen LogP contribution in [-0.2, 0) is 6.42 Å². The Kier molecular flexibility index (Phi) is 2.83. The maximum absolute atomic E-state index is 13.5. The predicted molar refractivity (Wildman–Crippen MR) is 66.1 cm³/mol. The smallest absolute Gasteiger partial charge is 0.238 e. The third kappa shape index (κ3) is 2.24. The van der Waals surface area contributed by atoms with Crippen LogP contribution in [0, 0.1) is 11.6 Å². The first-order valence-electron chi connectivity index (χ1n) is 5.39. The van der Waals surface area contributed by atoms with E-state index >= 15 is 0 Å². The Hall–Kier alpha value is -2.15. The van der Waals surface area contributed by atoms with Crippen molar-refractivity contribution in [3.05, 3.63) is 47.5 Å². The molecule has 2 heterocycles. The average Bonchev–Trinajstić information content (AvgIpc) is 2.96. The molecule has 4 nitrogen and oxygen atoms in total. The van der Waals surface area contributed by atoms with E-state index in [2.05, 4.69) is 9.97 Å². The zero-order valence-electron chi connectivity index (χ0n) is 9.51. The molecule has 0 atom stereocenters. The van der Waals surface area contributed by atoms with E-state index in [-0.39, 0.29) is 17.8 Å². The van der Waals surface area contributed by atoms with Gasteiger partial charge in [-0.2, -0.15) is 0 Å². The van der Waals surface area contributed by atoms with Crippen LogP contribution in [0.25, 0.3) is 10.2 Å². The fourth-order valence-electron chi connectivity index (χ4n) is 1.71. The van der Waals surface area contributed by atoms with Gasteiger partial charge >= 0.3 is 0 Å². The van der Waals surface area contributed by atoms with Gasteiger partial charge in [-0.25, -0.2) is 18.7 Å². The number of benzene rings is 1. The first-order valence-corrected chi connectivity index (χ1v) is 6.21. The van der Waals surface area contributed by atoms with Gasteiger partial charge in [-0.3, -0.25) is 9.36 Å². The van der Waals surface area contributed by atoms with Crippen LogP contribution in [0.2, 0.25) is 0 Å². The summed E-state index contributed by atoms with van der Waals surface area (Å²) in [4.78, 5) is 19.6. The molecule has 0 fully saturated rings. The minimum atomic E-state index is -0.715. The van der Waals surface area contributed by atoms with Crippen LogP contribution in [0.5, 0.6) is 0 Å². The fourth-order valence-corrected chi connectivity index (χ4v) is 2.70. The lowest BCUT2D eigenvalue weighted by atomic mass is 10.3. The second kappa shape index (κ2) is 4.51. The monoisotopic (exact) mass is 279 g/mol. The Morgan fingerprint density at radius 1 is 1.37 bits per heavy atom. The zero-order chi connectivity index (χ0) is 13.4. The molecule has 0 spiro atoms. The van der Waals surface area contributed by atoms with E-state index in [9.17, 15) is 13.6 Å². The molecule has 0 aliphatic carbocycles. The summed E-state index contributed by atoms with van der Waals surface area (Å²) in [6, 6.07) is 1.99. The molecule has 7 heteroatoms. The molecule has 0 radical (unpaired) electrons. The summed E-state index contributed by atoms with van der Waals surface area (Å²) in [6.07, 6.45) is 4.42. The highest BCUT2D eigenvalue weighted by molar-refractivity contribution is 7.18. The lowest BCUT2D eigenvalue weighted by Gasteiger charge is -1.96. The molecular weight excluding hydrogens is 272 g/mol. The predicted octanol–water partition coefficient (Wildman–Crippen LogP) is 2.65. The first kappa shape index (κ1) is 11.9. The lowest BCUT2D eigenvalue weighted by Crippen LogP contribution is -2.11.